The van der Waals surface area contributed by atoms with Gasteiger partial charge in [-0.2, -0.15) is 0 Å². The lowest BCUT2D eigenvalue weighted by Gasteiger charge is -2.21. The van der Waals surface area contributed by atoms with E-state index >= 15 is 0 Å². The number of aliphatic hydroxyl groups is 2. The van der Waals surface area contributed by atoms with E-state index in [1.165, 1.54) is 148 Å². The van der Waals surface area contributed by atoms with Crippen molar-refractivity contribution in [3.63, 3.8) is 0 Å². The zero-order valence-electron chi connectivity index (χ0n) is 67.8. The largest absolute Gasteiger partial charge is 0.472 e. The number of aliphatic hydroxyl groups excluding tert-OH is 2. The summed E-state index contributed by atoms with van der Waals surface area (Å²) in [7, 11) is -9.80. The average Bonchev–Trinajstić information content (AvgIpc) is 0.905. The Morgan fingerprint density at radius 1 is 0.271 bits per heavy atom. The molecule has 0 rings (SSSR count). The van der Waals surface area contributed by atoms with Crippen LogP contribution in [0, 0.1) is 0 Å². The van der Waals surface area contributed by atoms with E-state index in [-0.39, 0.29) is 19.3 Å². The van der Waals surface area contributed by atoms with E-state index in [1.54, 1.807) is 0 Å². The zero-order chi connectivity index (χ0) is 78.0. The fourth-order valence-electron chi connectivity index (χ4n) is 11.6. The normalized spacial score (nSPS) is 14.5. The van der Waals surface area contributed by atoms with Crippen LogP contribution in [0.25, 0.3) is 0 Å². The third-order valence-corrected chi connectivity index (χ3v) is 20.0. The molecule has 0 saturated carbocycles. The number of carbonyl (C=O) groups is 3. The quantitative estimate of drug-likeness (QED) is 0.0146. The van der Waals surface area contributed by atoms with Crippen molar-refractivity contribution in [1.29, 1.82) is 0 Å². The lowest BCUT2D eigenvalue weighted by Crippen LogP contribution is -2.30. The fraction of sp³-hybridized carbons (Fsp3) is 0.742. The maximum absolute atomic E-state index is 13.0. The van der Waals surface area contributed by atoms with Gasteiger partial charge in [0.05, 0.1) is 26.4 Å². The molecule has 0 aliphatic carbocycles. The van der Waals surface area contributed by atoms with E-state index in [1.807, 2.05) is 0 Å². The molecule has 0 aromatic carbocycles. The van der Waals surface area contributed by atoms with Crippen LogP contribution in [0.5, 0.6) is 0 Å². The van der Waals surface area contributed by atoms with Gasteiger partial charge in [-0.3, -0.25) is 32.5 Å². The number of rotatable bonds is 81. The van der Waals surface area contributed by atoms with Gasteiger partial charge < -0.3 is 34.2 Å². The number of phosphoric ester groups is 2. The molecule has 0 bridgehead atoms. The maximum atomic E-state index is 13.0. The van der Waals surface area contributed by atoms with Gasteiger partial charge in [0, 0.05) is 19.3 Å². The second-order valence-electron chi connectivity index (χ2n) is 28.6. The number of unbranched alkanes of at least 4 members (excludes halogenated alkanes) is 38. The SMILES string of the molecule is CC/C=C\C/C=C\C/C=C\CCCCCCCCCC(=O)OC(COC(=O)CCCCCCCC/C=C\C/C=C\C/C=C\CCCCC)COP(=O)(O)OCC(O)COP(=O)(O)OCC(O)COC(=O)CCCCCCCCCCCCCCCCCCCCC/C=C\C/C=C\C/C=C\C/C=C\CCCCC. The summed E-state index contributed by atoms with van der Waals surface area (Å²) in [6.45, 7) is 2.53. The molecular weight excluding hydrogens is 1390 g/mol. The molecule has 0 aromatic heterocycles. The molecule has 5 unspecified atom stereocenters. The highest BCUT2D eigenvalue weighted by Crippen LogP contribution is 2.45. The minimum atomic E-state index is -4.94. The number of phosphoric acid groups is 2. The van der Waals surface area contributed by atoms with Gasteiger partial charge in [-0.05, 0) is 135 Å². The van der Waals surface area contributed by atoms with Crippen LogP contribution in [0.2, 0.25) is 0 Å². The molecule has 0 aliphatic heterocycles. The molecule has 0 aromatic rings. The summed E-state index contributed by atoms with van der Waals surface area (Å²) in [5.41, 5.74) is 0. The van der Waals surface area contributed by atoms with Gasteiger partial charge in [-0.1, -0.05) is 335 Å². The van der Waals surface area contributed by atoms with Crippen molar-refractivity contribution in [2.24, 2.45) is 0 Å². The van der Waals surface area contributed by atoms with Crippen LogP contribution in [-0.2, 0) is 55.8 Å². The molecule has 0 spiro atoms. The number of esters is 3. The third-order valence-electron chi connectivity index (χ3n) is 18.1. The van der Waals surface area contributed by atoms with E-state index in [4.69, 9.17) is 32.3 Å². The Hall–Kier alpha value is -4.05. The highest BCUT2D eigenvalue weighted by molar-refractivity contribution is 7.47. The summed E-state index contributed by atoms with van der Waals surface area (Å²) >= 11 is 0. The van der Waals surface area contributed by atoms with Crippen LogP contribution in [0.15, 0.2) is 122 Å². The Kier molecular flexibility index (Phi) is 78.4. The number of hydrogen-bond donors (Lipinski definition) is 4. The first-order chi connectivity index (χ1) is 52.2. The van der Waals surface area contributed by atoms with Crippen molar-refractivity contribution in [2.45, 2.75) is 386 Å². The first-order valence-corrected chi connectivity index (χ1v) is 45.8. The van der Waals surface area contributed by atoms with Crippen LogP contribution in [0.3, 0.4) is 0 Å². The third kappa shape index (κ3) is 82.7. The Labute approximate surface area is 653 Å². The number of hydrogen-bond acceptors (Lipinski definition) is 14. The van der Waals surface area contributed by atoms with E-state index in [2.05, 4.69) is 142 Å². The lowest BCUT2D eigenvalue weighted by atomic mass is 10.0. The molecule has 18 heteroatoms. The Morgan fingerprint density at radius 3 is 0.785 bits per heavy atom. The van der Waals surface area contributed by atoms with Crippen LogP contribution >= 0.6 is 15.6 Å². The van der Waals surface area contributed by atoms with E-state index in [9.17, 15) is 43.5 Å². The molecular formula is C89H156O16P2. The van der Waals surface area contributed by atoms with Crippen molar-refractivity contribution in [1.82, 2.24) is 0 Å². The highest BCUT2D eigenvalue weighted by Gasteiger charge is 2.29. The van der Waals surface area contributed by atoms with Gasteiger partial charge in [0.25, 0.3) is 0 Å². The molecule has 0 amide bonds. The van der Waals surface area contributed by atoms with E-state index < -0.39 is 91.5 Å². The summed E-state index contributed by atoms with van der Waals surface area (Å²) in [5, 5.41) is 20.7. The van der Waals surface area contributed by atoms with Gasteiger partial charge in [-0.25, -0.2) is 9.13 Å². The van der Waals surface area contributed by atoms with Gasteiger partial charge >= 0.3 is 33.6 Å². The Balaban J connectivity index is 4.43. The second kappa shape index (κ2) is 81.4. The zero-order valence-corrected chi connectivity index (χ0v) is 69.6. The minimum absolute atomic E-state index is 0.0891. The van der Waals surface area contributed by atoms with Crippen molar-refractivity contribution in [3.8, 4) is 0 Å². The van der Waals surface area contributed by atoms with Gasteiger partial charge in [-0.15, -0.1) is 0 Å². The molecule has 16 nitrogen and oxygen atoms in total. The molecule has 107 heavy (non-hydrogen) atoms. The van der Waals surface area contributed by atoms with Crippen molar-refractivity contribution >= 4 is 33.6 Å². The molecule has 0 saturated heterocycles. The molecule has 0 aliphatic rings. The second-order valence-corrected chi connectivity index (χ2v) is 31.5. The summed E-state index contributed by atoms with van der Waals surface area (Å²) in [6.07, 6.45) is 98.3. The van der Waals surface area contributed by atoms with E-state index in [0.29, 0.717) is 19.3 Å². The van der Waals surface area contributed by atoms with Crippen LogP contribution in [0.4, 0.5) is 0 Å². The molecule has 4 N–H and O–H groups in total. The summed E-state index contributed by atoms with van der Waals surface area (Å²) < 4.78 is 61.2. The van der Waals surface area contributed by atoms with Crippen LogP contribution in [-0.4, -0.2) is 95.9 Å². The Bertz CT molecular complexity index is 2430. The first kappa shape index (κ1) is 103. The summed E-state index contributed by atoms with van der Waals surface area (Å²) in [5.74, 6) is -1.59. The molecule has 0 radical (unpaired) electrons. The predicted molar refractivity (Wildman–Crippen MR) is 445 cm³/mol. The average molecular weight is 1540 g/mol. The number of carbonyl (C=O) groups excluding carboxylic acids is 3. The van der Waals surface area contributed by atoms with Crippen LogP contribution < -0.4 is 0 Å². The maximum Gasteiger partial charge on any atom is 0.472 e. The van der Waals surface area contributed by atoms with Crippen molar-refractivity contribution < 1.29 is 75.8 Å². The molecule has 618 valence electrons. The minimum Gasteiger partial charge on any atom is -0.463 e. The first-order valence-electron chi connectivity index (χ1n) is 42.8. The molecule has 0 fully saturated rings. The van der Waals surface area contributed by atoms with Gasteiger partial charge in [0.2, 0.25) is 0 Å². The monoisotopic (exact) mass is 1540 g/mol. The summed E-state index contributed by atoms with van der Waals surface area (Å²) in [4.78, 5) is 58.7. The van der Waals surface area contributed by atoms with Crippen molar-refractivity contribution in [3.05, 3.63) is 122 Å². The Morgan fingerprint density at radius 2 is 0.495 bits per heavy atom. The number of ether oxygens (including phenoxy) is 3. The predicted octanol–water partition coefficient (Wildman–Crippen LogP) is 25.7. The fourth-order valence-corrected chi connectivity index (χ4v) is 13.2. The molecule has 0 heterocycles. The van der Waals surface area contributed by atoms with Gasteiger partial charge in [0.1, 0.15) is 25.4 Å². The van der Waals surface area contributed by atoms with E-state index in [0.717, 1.165) is 161 Å². The smallest absolute Gasteiger partial charge is 0.463 e. The lowest BCUT2D eigenvalue weighted by molar-refractivity contribution is -0.161. The van der Waals surface area contributed by atoms with Crippen LogP contribution in [0.1, 0.15) is 367 Å². The summed E-state index contributed by atoms with van der Waals surface area (Å²) in [6, 6.07) is 0. The van der Waals surface area contributed by atoms with Crippen molar-refractivity contribution in [2.75, 3.05) is 39.6 Å². The number of allylic oxidation sites excluding steroid dienone is 20. The van der Waals surface area contributed by atoms with Gasteiger partial charge in [0.15, 0.2) is 6.10 Å². The molecule has 5 atom stereocenters. The highest BCUT2D eigenvalue weighted by atomic mass is 31.2. The standard InChI is InChI=1S/C89H156O16P2/c1-4-7-10-13-16-19-22-25-28-31-33-34-35-36-37-38-39-40-41-42-43-44-45-46-47-48-50-53-54-57-60-63-66-69-72-75-87(92)99-78-84(90)79-101-106(95,96)102-80-85(91)81-103-107(97,98)104-83-86(105-89(94)77-74-71-68-65-62-59-56-51-30-27-24-21-18-15-12-9-6-3)82-100-88(93)76-73-70-67-64-61-58-55-52-49-32-29-26-23-20-17-14-11-8-5-2/h9,12,16-21,25-30,33-34,36-37,49,52,84-86,90-91H,4-8,10-11,13-15,22-24,31-32,35,38-48,50-51,53-83H2,1-3H3,(H,95,96)(H,97,98)/b12-9-,19-16-,20-17-,21-18-,28-25-,29-26-,30-27-,34-33-,37-36-,52-49-. The topological polar surface area (TPSA) is 231 Å².